The molecule has 1 N–H and O–H groups in total. The van der Waals surface area contributed by atoms with E-state index < -0.39 is 33.4 Å². The maximum absolute atomic E-state index is 14.7. The van der Waals surface area contributed by atoms with Crippen molar-refractivity contribution in [2.24, 2.45) is 11.8 Å². The number of benzene rings is 2. The highest BCUT2D eigenvalue weighted by molar-refractivity contribution is 8.02. The molecule has 2 saturated heterocycles. The number of rotatable bonds is 5. The maximum Gasteiger partial charge on any atom is 0.251 e. The summed E-state index contributed by atoms with van der Waals surface area (Å²) in [7, 11) is 0. The first kappa shape index (κ1) is 27.8. The van der Waals surface area contributed by atoms with Crippen molar-refractivity contribution in [1.82, 2.24) is 9.80 Å². The molecule has 2 aromatic rings. The fourth-order valence-electron chi connectivity index (χ4n) is 7.45. The lowest BCUT2D eigenvalue weighted by Crippen LogP contribution is -2.56. The summed E-state index contributed by atoms with van der Waals surface area (Å²) in [5.74, 6) is -1.86. The molecule has 0 aromatic heterocycles. The largest absolute Gasteiger partial charge is 0.394 e. The van der Waals surface area contributed by atoms with E-state index in [2.05, 4.69) is 6.08 Å². The number of carbonyl (C=O) groups excluding carboxylic acids is 3. The second-order valence-electron chi connectivity index (χ2n) is 12.0. The van der Waals surface area contributed by atoms with E-state index in [1.807, 2.05) is 92.4 Å². The van der Waals surface area contributed by atoms with E-state index in [9.17, 15) is 19.5 Å². The standard InChI is InChI=1S/C33H37N3O4S/c1-21-11-8-12-22(2)27(21)35-18-10-16-33-26(30(39)36(23(3)20-37)28(33)31(35)40)25-29(38)34(17-9-15-32(25,4)41-33)19-24-13-6-5-7-14-24/h5-16,23,25-26,28,37H,17-20H2,1-4H3/t23-,25-,26+,28?,32+,33+/m1/s1. The molecular formula is C33H37N3O4S. The molecule has 1 unspecified atom stereocenters. The van der Waals surface area contributed by atoms with Gasteiger partial charge in [-0.05, 0) is 44.4 Å². The molecule has 0 radical (unpaired) electrons. The molecule has 4 aliphatic rings. The predicted molar refractivity (Wildman–Crippen MR) is 161 cm³/mol. The monoisotopic (exact) mass is 571 g/mol. The number of likely N-dealkylation sites (tertiary alicyclic amines) is 1. The molecule has 3 amide bonds. The lowest BCUT2D eigenvalue weighted by molar-refractivity contribution is -0.145. The van der Waals surface area contributed by atoms with Crippen LogP contribution in [0.15, 0.2) is 72.8 Å². The van der Waals surface area contributed by atoms with Crippen molar-refractivity contribution in [2.45, 2.75) is 55.8 Å². The molecule has 4 heterocycles. The molecule has 214 valence electrons. The van der Waals surface area contributed by atoms with Crippen LogP contribution in [0.4, 0.5) is 5.69 Å². The van der Waals surface area contributed by atoms with Crippen LogP contribution in [0.25, 0.3) is 0 Å². The molecular weight excluding hydrogens is 534 g/mol. The van der Waals surface area contributed by atoms with Crippen LogP contribution in [0.3, 0.4) is 0 Å². The summed E-state index contributed by atoms with van der Waals surface area (Å²) in [6.45, 7) is 8.80. The van der Waals surface area contributed by atoms with E-state index >= 15 is 0 Å². The van der Waals surface area contributed by atoms with Crippen molar-refractivity contribution >= 4 is 35.2 Å². The third-order valence-corrected chi connectivity index (χ3v) is 11.0. The van der Waals surface area contributed by atoms with Crippen LogP contribution in [-0.2, 0) is 20.9 Å². The van der Waals surface area contributed by atoms with Gasteiger partial charge in [0.25, 0.3) is 5.91 Å². The Hall–Kier alpha value is -3.36. The number of carbonyl (C=O) groups is 3. The molecule has 6 atom stereocenters. The third-order valence-electron chi connectivity index (χ3n) is 9.24. The van der Waals surface area contributed by atoms with Crippen LogP contribution in [0.5, 0.6) is 0 Å². The minimum atomic E-state index is -0.946. The zero-order valence-electron chi connectivity index (χ0n) is 24.0. The number of thioether (sulfide) groups is 1. The fourth-order valence-corrected chi connectivity index (χ4v) is 9.60. The van der Waals surface area contributed by atoms with Crippen molar-refractivity contribution in [3.05, 3.63) is 89.5 Å². The highest BCUT2D eigenvalue weighted by atomic mass is 32.2. The molecule has 2 fully saturated rings. The van der Waals surface area contributed by atoms with Gasteiger partial charge in [-0.2, -0.15) is 0 Å². The summed E-state index contributed by atoms with van der Waals surface area (Å²) in [6, 6.07) is 14.4. The van der Waals surface area contributed by atoms with Crippen LogP contribution < -0.4 is 4.90 Å². The molecule has 7 nitrogen and oxygen atoms in total. The molecule has 41 heavy (non-hydrogen) atoms. The third kappa shape index (κ3) is 4.17. The topological polar surface area (TPSA) is 81.2 Å². The van der Waals surface area contributed by atoms with Gasteiger partial charge >= 0.3 is 0 Å². The molecule has 1 spiro atoms. The number of amides is 3. The average Bonchev–Trinajstić information content (AvgIpc) is 3.23. The second-order valence-corrected chi connectivity index (χ2v) is 13.8. The first-order valence-electron chi connectivity index (χ1n) is 14.3. The zero-order valence-corrected chi connectivity index (χ0v) is 24.8. The number of fused-ring (bicyclic) bond motifs is 2. The Kier molecular flexibility index (Phi) is 6.90. The van der Waals surface area contributed by atoms with Crippen molar-refractivity contribution in [3.63, 3.8) is 0 Å². The van der Waals surface area contributed by atoms with E-state index in [1.165, 1.54) is 0 Å². The Labute approximate surface area is 245 Å². The summed E-state index contributed by atoms with van der Waals surface area (Å²) in [5.41, 5.74) is 3.84. The summed E-state index contributed by atoms with van der Waals surface area (Å²) in [4.78, 5) is 48.8. The summed E-state index contributed by atoms with van der Waals surface area (Å²) < 4.78 is -1.62. The van der Waals surface area contributed by atoms with E-state index in [4.69, 9.17) is 0 Å². The smallest absolute Gasteiger partial charge is 0.251 e. The number of aryl methyl sites for hydroxylation is 2. The number of anilines is 1. The van der Waals surface area contributed by atoms with Gasteiger partial charge < -0.3 is 19.8 Å². The normalized spacial score (nSPS) is 31.6. The molecule has 6 rings (SSSR count). The summed E-state index contributed by atoms with van der Waals surface area (Å²) in [5, 5.41) is 10.2. The van der Waals surface area contributed by atoms with E-state index in [0.29, 0.717) is 19.6 Å². The van der Waals surface area contributed by atoms with E-state index in [-0.39, 0.29) is 24.3 Å². The average molecular weight is 572 g/mol. The maximum atomic E-state index is 14.7. The molecule has 0 aliphatic carbocycles. The number of para-hydroxylation sites is 1. The predicted octanol–water partition coefficient (Wildman–Crippen LogP) is 3.87. The highest BCUT2D eigenvalue weighted by Crippen LogP contribution is 2.66. The highest BCUT2D eigenvalue weighted by Gasteiger charge is 2.74. The molecule has 4 aliphatic heterocycles. The van der Waals surface area contributed by atoms with Gasteiger partial charge in [-0.15, -0.1) is 11.8 Å². The summed E-state index contributed by atoms with van der Waals surface area (Å²) >= 11 is 1.57. The first-order valence-corrected chi connectivity index (χ1v) is 15.1. The number of nitrogens with zero attached hydrogens (tertiary/aromatic N) is 3. The quantitative estimate of drug-likeness (QED) is 0.551. The van der Waals surface area contributed by atoms with Crippen LogP contribution in [0.1, 0.15) is 30.5 Å². The Morgan fingerprint density at radius 2 is 1.59 bits per heavy atom. The van der Waals surface area contributed by atoms with E-state index in [0.717, 1.165) is 22.4 Å². The van der Waals surface area contributed by atoms with Gasteiger partial charge in [0.15, 0.2) is 0 Å². The van der Waals surface area contributed by atoms with E-state index in [1.54, 1.807) is 28.5 Å². The van der Waals surface area contributed by atoms with Crippen molar-refractivity contribution in [3.8, 4) is 0 Å². The minimum Gasteiger partial charge on any atom is -0.394 e. The lowest BCUT2D eigenvalue weighted by Gasteiger charge is -2.39. The Balaban J connectivity index is 1.46. The van der Waals surface area contributed by atoms with Gasteiger partial charge in [0, 0.05) is 30.1 Å². The molecule has 0 saturated carbocycles. The Bertz CT molecular complexity index is 1440. The van der Waals surface area contributed by atoms with Gasteiger partial charge in [-0.1, -0.05) is 72.8 Å². The van der Waals surface area contributed by atoms with Gasteiger partial charge in [-0.3, -0.25) is 14.4 Å². The zero-order chi connectivity index (χ0) is 29.1. The van der Waals surface area contributed by atoms with Crippen molar-refractivity contribution in [2.75, 3.05) is 24.6 Å². The van der Waals surface area contributed by atoms with Gasteiger partial charge in [-0.25, -0.2) is 0 Å². The fraction of sp³-hybridized carbons (Fsp3) is 0.424. The first-order chi connectivity index (χ1) is 19.6. The number of hydrogen-bond acceptors (Lipinski definition) is 5. The van der Waals surface area contributed by atoms with Crippen LogP contribution >= 0.6 is 11.8 Å². The number of aliphatic hydroxyl groups excluding tert-OH is 1. The van der Waals surface area contributed by atoms with Crippen LogP contribution in [0.2, 0.25) is 0 Å². The Morgan fingerprint density at radius 1 is 0.902 bits per heavy atom. The number of hydrogen-bond donors (Lipinski definition) is 1. The van der Waals surface area contributed by atoms with Crippen LogP contribution in [0, 0.1) is 25.7 Å². The minimum absolute atomic E-state index is 0.0713. The molecule has 0 bridgehead atoms. The number of aliphatic hydroxyl groups is 1. The summed E-state index contributed by atoms with van der Waals surface area (Å²) in [6.07, 6.45) is 8.14. The Morgan fingerprint density at radius 3 is 2.27 bits per heavy atom. The second kappa shape index (κ2) is 10.2. The van der Waals surface area contributed by atoms with Crippen LogP contribution in [-0.4, -0.2) is 73.9 Å². The molecule has 8 heteroatoms. The van der Waals surface area contributed by atoms with Crippen molar-refractivity contribution in [1.29, 1.82) is 0 Å². The molecule has 2 aromatic carbocycles. The lowest BCUT2D eigenvalue weighted by atomic mass is 9.74. The van der Waals surface area contributed by atoms with Gasteiger partial charge in [0.1, 0.15) is 6.04 Å². The van der Waals surface area contributed by atoms with Gasteiger partial charge in [0.05, 0.1) is 29.2 Å². The van der Waals surface area contributed by atoms with Crippen molar-refractivity contribution < 1.29 is 19.5 Å². The SMILES string of the molecule is Cc1cccc(C)c1N1CC=C[C@]23S[C@@]4(C)C=CCN(Cc5ccccc5)C(=O)[C@H]4[C@H]2C(=O)N([C@H](C)CO)C3C1=O. The van der Waals surface area contributed by atoms with Gasteiger partial charge in [0.2, 0.25) is 11.8 Å².